The Morgan fingerprint density at radius 3 is 1.64 bits per heavy atom. The number of rotatable bonds is 6. The summed E-state index contributed by atoms with van der Waals surface area (Å²) in [6.07, 6.45) is 3.63. The van der Waals surface area contributed by atoms with E-state index in [1.54, 1.807) is 6.07 Å². The molecule has 0 aliphatic rings. The summed E-state index contributed by atoms with van der Waals surface area (Å²) in [6.45, 7) is 6.98. The van der Waals surface area contributed by atoms with Crippen molar-refractivity contribution in [3.63, 3.8) is 0 Å². The highest BCUT2D eigenvalue weighted by molar-refractivity contribution is 6.00. The molecule has 0 fully saturated rings. The first kappa shape index (κ1) is 19.5. The minimum Gasteiger partial charge on any atom is -0.364 e. The topological polar surface area (TPSA) is 89.8 Å². The maximum absolute atomic E-state index is 12.7. The fourth-order valence-corrected chi connectivity index (χ4v) is 2.83. The Hall–Kier alpha value is -3.28. The predicted molar refractivity (Wildman–Crippen MR) is 109 cm³/mol. The molecule has 0 aliphatic carbocycles. The van der Waals surface area contributed by atoms with E-state index in [1.165, 1.54) is 0 Å². The Labute approximate surface area is 164 Å². The van der Waals surface area contributed by atoms with Gasteiger partial charge in [0.15, 0.2) is 0 Å². The number of nitrogens with one attached hydrogen (secondary N) is 4. The third kappa shape index (κ3) is 4.91. The van der Waals surface area contributed by atoms with Crippen LogP contribution in [0, 0.1) is 0 Å². The van der Waals surface area contributed by atoms with Crippen LogP contribution in [0.3, 0.4) is 0 Å². The van der Waals surface area contributed by atoms with Crippen molar-refractivity contribution in [2.75, 3.05) is 0 Å². The molecule has 3 aromatic rings. The highest BCUT2D eigenvalue weighted by atomic mass is 16.2. The summed E-state index contributed by atoms with van der Waals surface area (Å²) in [4.78, 5) is 31.5. The maximum Gasteiger partial charge on any atom is 0.251 e. The molecule has 0 bridgehead atoms. The zero-order valence-electron chi connectivity index (χ0n) is 16.4. The van der Waals surface area contributed by atoms with Gasteiger partial charge >= 0.3 is 0 Å². The molecule has 0 atom stereocenters. The third-order valence-corrected chi connectivity index (χ3v) is 4.53. The first-order valence-electron chi connectivity index (χ1n) is 9.29. The van der Waals surface area contributed by atoms with Gasteiger partial charge in [-0.15, -0.1) is 0 Å². The van der Waals surface area contributed by atoms with Gasteiger partial charge in [-0.2, -0.15) is 0 Å². The smallest absolute Gasteiger partial charge is 0.251 e. The predicted octanol–water partition coefficient (Wildman–Crippen LogP) is 3.50. The van der Waals surface area contributed by atoms with Crippen LogP contribution in [0.1, 0.15) is 58.4 Å². The number of hydrogen-bond acceptors (Lipinski definition) is 2. The molecule has 146 valence electrons. The number of aromatic amines is 2. The normalized spacial score (nSPS) is 11.2. The lowest BCUT2D eigenvalue weighted by Crippen LogP contribution is -2.27. The summed E-state index contributed by atoms with van der Waals surface area (Å²) < 4.78 is 0. The summed E-state index contributed by atoms with van der Waals surface area (Å²) in [5, 5.41) is 5.79. The number of benzene rings is 1. The lowest BCUT2D eigenvalue weighted by Gasteiger charge is -2.21. The van der Waals surface area contributed by atoms with Crippen LogP contribution in [-0.2, 0) is 18.5 Å². The Balaban J connectivity index is 1.79. The Morgan fingerprint density at radius 2 is 1.29 bits per heavy atom. The van der Waals surface area contributed by atoms with E-state index in [0.29, 0.717) is 24.2 Å². The van der Waals surface area contributed by atoms with E-state index >= 15 is 0 Å². The molecule has 3 rings (SSSR count). The highest BCUT2D eigenvalue weighted by Crippen LogP contribution is 2.25. The van der Waals surface area contributed by atoms with Crippen molar-refractivity contribution >= 4 is 11.8 Å². The van der Waals surface area contributed by atoms with Crippen molar-refractivity contribution in [3.8, 4) is 0 Å². The lowest BCUT2D eigenvalue weighted by atomic mass is 9.85. The van der Waals surface area contributed by atoms with Gasteiger partial charge < -0.3 is 20.6 Å². The van der Waals surface area contributed by atoms with Crippen LogP contribution in [0.2, 0.25) is 0 Å². The van der Waals surface area contributed by atoms with Crippen molar-refractivity contribution in [1.29, 1.82) is 0 Å². The zero-order valence-corrected chi connectivity index (χ0v) is 16.4. The average molecular weight is 378 g/mol. The number of carbonyl (C=O) groups is 2. The Bertz CT molecular complexity index is 867. The molecule has 2 heterocycles. The van der Waals surface area contributed by atoms with Gasteiger partial charge in [-0.3, -0.25) is 9.59 Å². The van der Waals surface area contributed by atoms with Crippen molar-refractivity contribution in [1.82, 2.24) is 20.6 Å². The van der Waals surface area contributed by atoms with E-state index in [9.17, 15) is 9.59 Å². The molecule has 6 nitrogen and oxygen atoms in total. The first-order chi connectivity index (χ1) is 13.3. The lowest BCUT2D eigenvalue weighted by molar-refractivity contribution is 0.0950. The van der Waals surface area contributed by atoms with Gasteiger partial charge in [0.05, 0.1) is 13.1 Å². The van der Waals surface area contributed by atoms with Crippen LogP contribution in [-0.4, -0.2) is 21.8 Å². The summed E-state index contributed by atoms with van der Waals surface area (Å²) in [7, 11) is 0. The minimum atomic E-state index is -0.209. The molecule has 0 aliphatic heterocycles. The Kier molecular flexibility index (Phi) is 5.68. The van der Waals surface area contributed by atoms with E-state index in [1.807, 2.05) is 48.8 Å². The second-order valence-corrected chi connectivity index (χ2v) is 7.81. The molecule has 2 aromatic heterocycles. The van der Waals surface area contributed by atoms with Gasteiger partial charge in [-0.05, 0) is 53.4 Å². The molecule has 0 saturated carbocycles. The highest BCUT2D eigenvalue weighted by Gasteiger charge is 2.20. The van der Waals surface area contributed by atoms with Crippen LogP contribution in [0.5, 0.6) is 0 Å². The van der Waals surface area contributed by atoms with Crippen LogP contribution in [0.25, 0.3) is 0 Å². The number of aromatic nitrogens is 2. The molecule has 0 saturated heterocycles. The fourth-order valence-electron chi connectivity index (χ4n) is 2.83. The van der Waals surface area contributed by atoms with Crippen molar-refractivity contribution in [2.24, 2.45) is 0 Å². The fraction of sp³-hybridized carbons (Fsp3) is 0.273. The van der Waals surface area contributed by atoms with Gasteiger partial charge in [0.25, 0.3) is 11.8 Å². The second-order valence-electron chi connectivity index (χ2n) is 7.81. The van der Waals surface area contributed by atoms with Gasteiger partial charge in [-0.25, -0.2) is 0 Å². The van der Waals surface area contributed by atoms with E-state index < -0.39 is 0 Å². The molecule has 2 amide bonds. The van der Waals surface area contributed by atoms with E-state index in [4.69, 9.17) is 0 Å². The summed E-state index contributed by atoms with van der Waals surface area (Å²) in [5.41, 5.74) is 3.54. The molecule has 0 spiro atoms. The van der Waals surface area contributed by atoms with Gasteiger partial charge in [0.1, 0.15) is 0 Å². The van der Waals surface area contributed by atoms with Crippen LogP contribution >= 0.6 is 0 Å². The molecule has 28 heavy (non-hydrogen) atoms. The maximum atomic E-state index is 12.7. The average Bonchev–Trinajstić information content (AvgIpc) is 3.36. The number of hydrogen-bond donors (Lipinski definition) is 4. The standard InChI is InChI=1S/C22H26N4O2/c1-22(2,3)17-11-15(20(27)25-13-18-6-4-8-23-18)10-16(12-17)21(28)26-14-19-7-5-9-24-19/h4-12,23-24H,13-14H2,1-3H3,(H,25,27)(H,26,28). The molecule has 6 heteroatoms. The Morgan fingerprint density at radius 1 is 0.821 bits per heavy atom. The monoisotopic (exact) mass is 378 g/mol. The van der Waals surface area contributed by atoms with Crippen LogP contribution in [0.4, 0.5) is 0 Å². The minimum absolute atomic E-state index is 0.190. The van der Waals surface area contributed by atoms with Gasteiger partial charge in [-0.1, -0.05) is 20.8 Å². The largest absolute Gasteiger partial charge is 0.364 e. The van der Waals surface area contributed by atoms with Gasteiger partial charge in [0, 0.05) is 34.9 Å². The third-order valence-electron chi connectivity index (χ3n) is 4.53. The van der Waals surface area contributed by atoms with E-state index in [-0.39, 0.29) is 17.2 Å². The quantitative estimate of drug-likeness (QED) is 0.529. The van der Waals surface area contributed by atoms with Gasteiger partial charge in [0.2, 0.25) is 0 Å². The SMILES string of the molecule is CC(C)(C)c1cc(C(=O)NCc2ccc[nH]2)cc(C(=O)NCc2ccc[nH]2)c1. The molecular formula is C22H26N4O2. The summed E-state index contributed by atoms with van der Waals surface area (Å²) in [5.74, 6) is -0.418. The second kappa shape index (κ2) is 8.17. The van der Waals surface area contributed by atoms with Crippen molar-refractivity contribution in [2.45, 2.75) is 39.3 Å². The van der Waals surface area contributed by atoms with E-state index in [2.05, 4.69) is 41.4 Å². The molecule has 0 unspecified atom stereocenters. The number of amides is 2. The molecule has 1 aromatic carbocycles. The van der Waals surface area contributed by atoms with Crippen molar-refractivity contribution < 1.29 is 9.59 Å². The van der Waals surface area contributed by atoms with E-state index in [0.717, 1.165) is 17.0 Å². The molecular weight excluding hydrogens is 352 g/mol. The van der Waals surface area contributed by atoms with Crippen molar-refractivity contribution in [3.05, 3.63) is 82.9 Å². The summed E-state index contributed by atoms with van der Waals surface area (Å²) >= 11 is 0. The number of H-pyrrole nitrogens is 2. The zero-order chi connectivity index (χ0) is 20.1. The number of carbonyl (C=O) groups excluding carboxylic acids is 2. The molecule has 0 radical (unpaired) electrons. The summed E-state index contributed by atoms with van der Waals surface area (Å²) in [6, 6.07) is 12.9. The van der Waals surface area contributed by atoms with Crippen LogP contribution in [0.15, 0.2) is 54.9 Å². The first-order valence-corrected chi connectivity index (χ1v) is 9.29. The van der Waals surface area contributed by atoms with Crippen LogP contribution < -0.4 is 10.6 Å². The molecule has 4 N–H and O–H groups in total.